The number of rotatable bonds is 5. The summed E-state index contributed by atoms with van der Waals surface area (Å²) in [7, 11) is 0. The molecule has 0 saturated heterocycles. The van der Waals surface area contributed by atoms with Crippen molar-refractivity contribution in [1.29, 1.82) is 0 Å². The summed E-state index contributed by atoms with van der Waals surface area (Å²) in [6.07, 6.45) is 2.33. The van der Waals surface area contributed by atoms with Gasteiger partial charge >= 0.3 is 0 Å². The molecule has 1 atom stereocenters. The third kappa shape index (κ3) is 3.63. The Morgan fingerprint density at radius 3 is 2.80 bits per heavy atom. The van der Waals surface area contributed by atoms with Crippen LogP contribution in [-0.4, -0.2) is 6.61 Å². The predicted molar refractivity (Wildman–Crippen MR) is 65.4 cm³/mol. The zero-order chi connectivity index (χ0) is 11.3. The highest BCUT2D eigenvalue weighted by Crippen LogP contribution is 2.30. The zero-order valence-corrected chi connectivity index (χ0v) is 10.1. The minimum Gasteiger partial charge on any atom is -0.490 e. The van der Waals surface area contributed by atoms with Gasteiger partial charge in [0.1, 0.15) is 0 Å². The molecule has 0 bridgehead atoms. The Balaban J connectivity index is 2.57. The van der Waals surface area contributed by atoms with Gasteiger partial charge in [-0.15, -0.1) is 0 Å². The van der Waals surface area contributed by atoms with Crippen LogP contribution in [0.4, 0.5) is 5.69 Å². The van der Waals surface area contributed by atoms with E-state index >= 15 is 0 Å². The van der Waals surface area contributed by atoms with Crippen LogP contribution in [0.25, 0.3) is 0 Å². The highest BCUT2D eigenvalue weighted by Gasteiger charge is 2.07. The summed E-state index contributed by atoms with van der Waals surface area (Å²) in [6.45, 7) is 5.00. The summed E-state index contributed by atoms with van der Waals surface area (Å²) in [5, 5.41) is 0.582. The van der Waals surface area contributed by atoms with Crippen molar-refractivity contribution in [3.8, 4) is 5.75 Å². The van der Waals surface area contributed by atoms with E-state index in [9.17, 15) is 0 Å². The second-order valence-electron chi connectivity index (χ2n) is 3.86. The second kappa shape index (κ2) is 5.86. The number of nitrogens with two attached hydrogens (primary N) is 1. The van der Waals surface area contributed by atoms with E-state index in [4.69, 9.17) is 22.1 Å². The fraction of sp³-hybridized carbons (Fsp3) is 0.500. The molecule has 2 N–H and O–H groups in total. The molecular formula is C12H18ClNO. The number of nitrogen functional groups attached to an aromatic ring is 1. The van der Waals surface area contributed by atoms with Gasteiger partial charge in [-0.1, -0.05) is 37.9 Å². The van der Waals surface area contributed by atoms with E-state index in [-0.39, 0.29) is 0 Å². The molecule has 1 rings (SSSR count). The normalized spacial score (nSPS) is 12.5. The first-order valence-corrected chi connectivity index (χ1v) is 5.69. The molecule has 0 amide bonds. The molecule has 0 radical (unpaired) electrons. The lowest BCUT2D eigenvalue weighted by Crippen LogP contribution is -2.09. The molecule has 0 saturated carbocycles. The molecule has 0 spiro atoms. The van der Waals surface area contributed by atoms with Crippen molar-refractivity contribution < 1.29 is 4.74 Å². The topological polar surface area (TPSA) is 35.2 Å². The van der Waals surface area contributed by atoms with Crippen molar-refractivity contribution in [2.45, 2.75) is 26.7 Å². The summed E-state index contributed by atoms with van der Waals surface area (Å²) in [4.78, 5) is 0. The van der Waals surface area contributed by atoms with Crippen molar-refractivity contribution in [3.63, 3.8) is 0 Å². The average molecular weight is 228 g/mol. The highest BCUT2D eigenvalue weighted by molar-refractivity contribution is 6.32. The number of hydrogen-bond acceptors (Lipinski definition) is 2. The average Bonchev–Trinajstić information content (AvgIpc) is 2.17. The lowest BCUT2D eigenvalue weighted by molar-refractivity contribution is 0.253. The van der Waals surface area contributed by atoms with Crippen LogP contribution in [0.1, 0.15) is 26.7 Å². The van der Waals surface area contributed by atoms with Crippen LogP contribution in [0.15, 0.2) is 18.2 Å². The quantitative estimate of drug-likeness (QED) is 0.778. The SMILES string of the molecule is CCC[C@@H](C)COc1c(N)cccc1Cl. The van der Waals surface area contributed by atoms with E-state index in [1.807, 2.05) is 6.07 Å². The third-order valence-corrected chi connectivity index (χ3v) is 2.59. The summed E-state index contributed by atoms with van der Waals surface area (Å²) >= 11 is 5.99. The summed E-state index contributed by atoms with van der Waals surface area (Å²) in [5.41, 5.74) is 6.38. The molecular weight excluding hydrogens is 210 g/mol. The van der Waals surface area contributed by atoms with Crippen LogP contribution in [0, 0.1) is 5.92 Å². The van der Waals surface area contributed by atoms with E-state index in [1.54, 1.807) is 12.1 Å². The molecule has 0 unspecified atom stereocenters. The van der Waals surface area contributed by atoms with Crippen LogP contribution in [-0.2, 0) is 0 Å². The fourth-order valence-electron chi connectivity index (χ4n) is 1.48. The first kappa shape index (κ1) is 12.2. The Kier molecular flexibility index (Phi) is 4.76. The Morgan fingerprint density at radius 1 is 1.47 bits per heavy atom. The monoisotopic (exact) mass is 227 g/mol. The van der Waals surface area contributed by atoms with Gasteiger partial charge in [-0.05, 0) is 24.5 Å². The van der Waals surface area contributed by atoms with Gasteiger partial charge < -0.3 is 10.5 Å². The number of hydrogen-bond donors (Lipinski definition) is 1. The first-order valence-electron chi connectivity index (χ1n) is 5.32. The number of anilines is 1. The molecule has 15 heavy (non-hydrogen) atoms. The van der Waals surface area contributed by atoms with Crippen molar-refractivity contribution in [2.24, 2.45) is 5.92 Å². The number of halogens is 1. The van der Waals surface area contributed by atoms with E-state index in [2.05, 4.69) is 13.8 Å². The van der Waals surface area contributed by atoms with Crippen molar-refractivity contribution >= 4 is 17.3 Å². The van der Waals surface area contributed by atoms with Crippen molar-refractivity contribution in [3.05, 3.63) is 23.2 Å². The Hall–Kier alpha value is -0.890. The van der Waals surface area contributed by atoms with Crippen molar-refractivity contribution in [1.82, 2.24) is 0 Å². The van der Waals surface area contributed by atoms with Gasteiger partial charge in [-0.25, -0.2) is 0 Å². The Morgan fingerprint density at radius 2 is 2.20 bits per heavy atom. The lowest BCUT2D eigenvalue weighted by atomic mass is 10.1. The van der Waals surface area contributed by atoms with Crippen LogP contribution in [0.3, 0.4) is 0 Å². The zero-order valence-electron chi connectivity index (χ0n) is 9.29. The summed E-state index contributed by atoms with van der Waals surface area (Å²) in [6, 6.07) is 5.41. The Labute approximate surface area is 96.4 Å². The van der Waals surface area contributed by atoms with Gasteiger partial charge in [0.15, 0.2) is 5.75 Å². The van der Waals surface area contributed by atoms with E-state index in [0.717, 1.165) is 6.42 Å². The molecule has 0 aromatic heterocycles. The minimum absolute atomic E-state index is 0.533. The molecule has 84 valence electrons. The van der Waals surface area contributed by atoms with Gasteiger partial charge in [-0.3, -0.25) is 0 Å². The largest absolute Gasteiger partial charge is 0.490 e. The second-order valence-corrected chi connectivity index (χ2v) is 4.27. The highest BCUT2D eigenvalue weighted by atomic mass is 35.5. The number of para-hydroxylation sites is 1. The smallest absolute Gasteiger partial charge is 0.160 e. The third-order valence-electron chi connectivity index (χ3n) is 2.29. The summed E-state index contributed by atoms with van der Waals surface area (Å²) in [5.74, 6) is 1.15. The summed E-state index contributed by atoms with van der Waals surface area (Å²) < 4.78 is 5.62. The maximum absolute atomic E-state index is 5.99. The standard InChI is InChI=1S/C12H18ClNO/c1-3-5-9(2)8-15-12-10(13)6-4-7-11(12)14/h4,6-7,9H,3,5,8,14H2,1-2H3/t9-/m1/s1. The molecule has 0 aliphatic heterocycles. The van der Waals surface area contributed by atoms with Gasteiger partial charge in [0.05, 0.1) is 17.3 Å². The molecule has 0 fully saturated rings. The molecule has 0 aliphatic rings. The van der Waals surface area contributed by atoms with E-state index in [1.165, 1.54) is 6.42 Å². The maximum atomic E-state index is 5.99. The minimum atomic E-state index is 0.533. The molecule has 0 heterocycles. The number of ether oxygens (including phenoxy) is 1. The van der Waals surface area contributed by atoms with Crippen LogP contribution in [0.5, 0.6) is 5.75 Å². The van der Waals surface area contributed by atoms with Crippen LogP contribution >= 0.6 is 11.6 Å². The van der Waals surface area contributed by atoms with Crippen LogP contribution < -0.4 is 10.5 Å². The number of benzene rings is 1. The molecule has 1 aromatic rings. The van der Waals surface area contributed by atoms with E-state index in [0.29, 0.717) is 29.0 Å². The molecule has 0 aliphatic carbocycles. The van der Waals surface area contributed by atoms with Crippen LogP contribution in [0.2, 0.25) is 5.02 Å². The predicted octanol–water partition coefficient (Wildman–Crippen LogP) is 3.74. The fourth-order valence-corrected chi connectivity index (χ4v) is 1.72. The lowest BCUT2D eigenvalue weighted by Gasteiger charge is -2.14. The van der Waals surface area contributed by atoms with Gasteiger partial charge in [0.2, 0.25) is 0 Å². The molecule has 1 aromatic carbocycles. The Bertz CT molecular complexity index is 294. The van der Waals surface area contributed by atoms with Gasteiger partial charge in [0.25, 0.3) is 0 Å². The van der Waals surface area contributed by atoms with Gasteiger partial charge in [0, 0.05) is 0 Å². The maximum Gasteiger partial charge on any atom is 0.160 e. The first-order chi connectivity index (χ1) is 7.15. The van der Waals surface area contributed by atoms with Crippen molar-refractivity contribution in [2.75, 3.05) is 12.3 Å². The van der Waals surface area contributed by atoms with E-state index < -0.39 is 0 Å². The molecule has 3 heteroatoms. The van der Waals surface area contributed by atoms with Gasteiger partial charge in [-0.2, -0.15) is 0 Å². The molecule has 2 nitrogen and oxygen atoms in total.